The summed E-state index contributed by atoms with van der Waals surface area (Å²) in [5.74, 6) is 2.01. The first kappa shape index (κ1) is 17.1. The fourth-order valence-electron chi connectivity index (χ4n) is 3.36. The molecule has 0 aliphatic heterocycles. The Hall–Kier alpha value is -0.240. The zero-order valence-electron chi connectivity index (χ0n) is 13.2. The van der Waals surface area contributed by atoms with E-state index in [1.165, 1.54) is 37.7 Å². The smallest absolute Gasteiger partial charge is 0.0595 e. The molecule has 1 nitrogen and oxygen atoms in total. The highest BCUT2D eigenvalue weighted by Crippen LogP contribution is 2.37. The highest BCUT2D eigenvalue weighted by molar-refractivity contribution is 6.42. The predicted octanol–water partition coefficient (Wildman–Crippen LogP) is 5.90. The van der Waals surface area contributed by atoms with E-state index < -0.39 is 0 Å². The van der Waals surface area contributed by atoms with Gasteiger partial charge in [-0.1, -0.05) is 62.4 Å². The topological polar surface area (TPSA) is 12.0 Å². The van der Waals surface area contributed by atoms with E-state index in [2.05, 4.69) is 31.3 Å². The Morgan fingerprint density at radius 3 is 2.38 bits per heavy atom. The Kier molecular flexibility index (Phi) is 6.85. The monoisotopic (exact) mass is 327 g/mol. The summed E-state index contributed by atoms with van der Waals surface area (Å²) < 4.78 is 0. The number of nitrogens with one attached hydrogen (secondary N) is 1. The van der Waals surface area contributed by atoms with Crippen molar-refractivity contribution in [1.29, 1.82) is 0 Å². The molecule has 1 atom stereocenters. The summed E-state index contributed by atoms with van der Waals surface area (Å²) in [6, 6.07) is 6.17. The Labute approximate surface area is 139 Å². The second kappa shape index (κ2) is 8.41. The predicted molar refractivity (Wildman–Crippen MR) is 93.5 cm³/mol. The molecule has 118 valence electrons. The summed E-state index contributed by atoms with van der Waals surface area (Å²) >= 11 is 12.3. The lowest BCUT2D eigenvalue weighted by Gasteiger charge is -2.31. The minimum atomic E-state index is 0.554. The minimum Gasteiger partial charge on any atom is -0.316 e. The summed E-state index contributed by atoms with van der Waals surface area (Å²) in [5, 5.41) is 4.97. The number of hydrogen-bond acceptors (Lipinski definition) is 1. The van der Waals surface area contributed by atoms with Crippen molar-refractivity contribution in [3.05, 3.63) is 33.8 Å². The van der Waals surface area contributed by atoms with E-state index >= 15 is 0 Å². The second-order valence-electron chi connectivity index (χ2n) is 6.73. The lowest BCUT2D eigenvalue weighted by molar-refractivity contribution is 0.295. The third-order valence-electron chi connectivity index (χ3n) is 4.51. The van der Waals surface area contributed by atoms with Crippen LogP contribution in [0.4, 0.5) is 0 Å². The lowest BCUT2D eigenvalue weighted by atomic mass is 9.76. The molecule has 1 N–H and O–H groups in total. The van der Waals surface area contributed by atoms with E-state index in [9.17, 15) is 0 Å². The summed E-state index contributed by atoms with van der Waals surface area (Å²) in [4.78, 5) is 0. The molecule has 1 aliphatic carbocycles. The van der Waals surface area contributed by atoms with Crippen LogP contribution in [0.2, 0.25) is 10.0 Å². The van der Waals surface area contributed by atoms with Crippen molar-refractivity contribution in [2.24, 2.45) is 11.8 Å². The number of benzene rings is 1. The van der Waals surface area contributed by atoms with Crippen molar-refractivity contribution < 1.29 is 0 Å². The summed E-state index contributed by atoms with van der Waals surface area (Å²) in [7, 11) is 0. The molecular formula is C18H27Cl2N. The summed E-state index contributed by atoms with van der Waals surface area (Å²) in [5.41, 5.74) is 1.34. The van der Waals surface area contributed by atoms with Gasteiger partial charge in [0.1, 0.15) is 0 Å². The van der Waals surface area contributed by atoms with Gasteiger partial charge in [0.05, 0.1) is 10.0 Å². The molecule has 0 spiro atoms. The van der Waals surface area contributed by atoms with E-state index in [0.29, 0.717) is 21.9 Å². The molecule has 0 amide bonds. The molecule has 3 heteroatoms. The zero-order chi connectivity index (χ0) is 15.2. The number of rotatable bonds is 6. The van der Waals surface area contributed by atoms with Gasteiger partial charge in [-0.2, -0.15) is 0 Å². The van der Waals surface area contributed by atoms with E-state index in [1.54, 1.807) is 0 Å². The SMILES string of the molecule is CC(C)CNCC(c1ccc(Cl)c(Cl)c1)C1CCCCC1. The molecule has 0 bridgehead atoms. The lowest BCUT2D eigenvalue weighted by Crippen LogP contribution is -2.30. The van der Waals surface area contributed by atoms with E-state index in [0.717, 1.165) is 19.0 Å². The van der Waals surface area contributed by atoms with Gasteiger partial charge in [-0.3, -0.25) is 0 Å². The Morgan fingerprint density at radius 2 is 1.76 bits per heavy atom. The van der Waals surface area contributed by atoms with Crippen molar-refractivity contribution in [1.82, 2.24) is 5.32 Å². The van der Waals surface area contributed by atoms with Crippen LogP contribution in [0.5, 0.6) is 0 Å². The summed E-state index contributed by atoms with van der Waals surface area (Å²) in [6.45, 7) is 6.62. The van der Waals surface area contributed by atoms with Crippen LogP contribution < -0.4 is 5.32 Å². The van der Waals surface area contributed by atoms with Gasteiger partial charge < -0.3 is 5.32 Å². The zero-order valence-corrected chi connectivity index (χ0v) is 14.7. The molecule has 0 aromatic heterocycles. The first-order valence-corrected chi connectivity index (χ1v) is 8.99. The van der Waals surface area contributed by atoms with E-state index in [1.807, 2.05) is 6.07 Å². The first-order valence-electron chi connectivity index (χ1n) is 8.23. The maximum absolute atomic E-state index is 6.23. The van der Waals surface area contributed by atoms with Gasteiger partial charge in [-0.25, -0.2) is 0 Å². The molecule has 1 aromatic carbocycles. The van der Waals surface area contributed by atoms with Crippen LogP contribution in [0.3, 0.4) is 0 Å². The van der Waals surface area contributed by atoms with Crippen molar-refractivity contribution >= 4 is 23.2 Å². The molecular weight excluding hydrogens is 301 g/mol. The van der Waals surface area contributed by atoms with Crippen LogP contribution in [0.25, 0.3) is 0 Å². The molecule has 1 fully saturated rings. The number of hydrogen-bond donors (Lipinski definition) is 1. The highest BCUT2D eigenvalue weighted by Gasteiger charge is 2.25. The average Bonchev–Trinajstić information content (AvgIpc) is 2.47. The number of halogens is 2. The fraction of sp³-hybridized carbons (Fsp3) is 0.667. The summed E-state index contributed by atoms with van der Waals surface area (Å²) in [6.07, 6.45) is 6.81. The fourth-order valence-corrected chi connectivity index (χ4v) is 3.67. The Bertz CT molecular complexity index is 439. The van der Waals surface area contributed by atoms with Gasteiger partial charge in [0.2, 0.25) is 0 Å². The van der Waals surface area contributed by atoms with Crippen LogP contribution in [0, 0.1) is 11.8 Å². The molecule has 2 rings (SSSR count). The van der Waals surface area contributed by atoms with Crippen molar-refractivity contribution in [2.45, 2.75) is 51.9 Å². The van der Waals surface area contributed by atoms with Crippen molar-refractivity contribution in [2.75, 3.05) is 13.1 Å². The van der Waals surface area contributed by atoms with E-state index in [4.69, 9.17) is 23.2 Å². The van der Waals surface area contributed by atoms with Gasteiger partial charge in [0, 0.05) is 6.54 Å². The van der Waals surface area contributed by atoms with Crippen LogP contribution in [-0.2, 0) is 0 Å². The van der Waals surface area contributed by atoms with Crippen LogP contribution in [0.1, 0.15) is 57.4 Å². The Balaban J connectivity index is 2.11. The van der Waals surface area contributed by atoms with Crippen molar-refractivity contribution in [3.63, 3.8) is 0 Å². The maximum atomic E-state index is 6.23. The highest BCUT2D eigenvalue weighted by atomic mass is 35.5. The third kappa shape index (κ3) is 5.16. The molecule has 0 radical (unpaired) electrons. The van der Waals surface area contributed by atoms with Gasteiger partial charge in [0.15, 0.2) is 0 Å². The quantitative estimate of drug-likeness (QED) is 0.685. The van der Waals surface area contributed by atoms with Crippen LogP contribution in [-0.4, -0.2) is 13.1 Å². The van der Waals surface area contributed by atoms with Gasteiger partial charge in [-0.15, -0.1) is 0 Å². The first-order chi connectivity index (χ1) is 10.1. The minimum absolute atomic E-state index is 0.554. The molecule has 21 heavy (non-hydrogen) atoms. The van der Waals surface area contributed by atoms with Crippen LogP contribution in [0.15, 0.2) is 18.2 Å². The van der Waals surface area contributed by atoms with Gasteiger partial charge in [0.25, 0.3) is 0 Å². The van der Waals surface area contributed by atoms with Crippen molar-refractivity contribution in [3.8, 4) is 0 Å². The molecule has 1 saturated carbocycles. The van der Waals surface area contributed by atoms with Gasteiger partial charge >= 0.3 is 0 Å². The molecule has 1 aliphatic rings. The standard InChI is InChI=1S/C18H27Cl2N/c1-13(2)11-21-12-16(14-6-4-3-5-7-14)15-8-9-17(19)18(20)10-15/h8-10,13-14,16,21H,3-7,11-12H2,1-2H3. The Morgan fingerprint density at radius 1 is 1.05 bits per heavy atom. The second-order valence-corrected chi connectivity index (χ2v) is 7.54. The maximum Gasteiger partial charge on any atom is 0.0595 e. The van der Waals surface area contributed by atoms with E-state index in [-0.39, 0.29) is 0 Å². The molecule has 1 aromatic rings. The third-order valence-corrected chi connectivity index (χ3v) is 5.25. The molecule has 0 saturated heterocycles. The largest absolute Gasteiger partial charge is 0.316 e. The molecule has 1 unspecified atom stereocenters. The van der Waals surface area contributed by atoms with Crippen LogP contribution >= 0.6 is 23.2 Å². The average molecular weight is 328 g/mol. The van der Waals surface area contributed by atoms with Gasteiger partial charge in [-0.05, 0) is 54.8 Å². The molecule has 0 heterocycles. The normalized spacial score (nSPS) is 18.1.